The molecule has 0 spiro atoms. The molecule has 0 N–H and O–H groups in total. The van der Waals surface area contributed by atoms with Gasteiger partial charge in [-0.1, -0.05) is 18.2 Å². The van der Waals surface area contributed by atoms with Crippen LogP contribution >= 0.6 is 0 Å². The van der Waals surface area contributed by atoms with Crippen molar-refractivity contribution < 1.29 is 17.6 Å². The number of methoxy groups -OCH3 is 1. The zero-order valence-corrected chi connectivity index (χ0v) is 17.7. The Morgan fingerprint density at radius 1 is 0.903 bits per heavy atom. The molecule has 2 heterocycles. The minimum Gasteiger partial charge on any atom is -0.497 e. The second-order valence-electron chi connectivity index (χ2n) is 6.95. The van der Waals surface area contributed by atoms with E-state index in [2.05, 4.69) is 4.98 Å². The summed E-state index contributed by atoms with van der Waals surface area (Å²) in [4.78, 5) is 17.4. The van der Waals surface area contributed by atoms with E-state index in [1.807, 2.05) is 18.2 Å². The standard InChI is InChI=1S/C24H19NO5S/c1-29-19-9-5-16(6-10-19)22-14-21(18-4-3-13-25-15-18)23(24(26)30-22)17-7-11-20(12-8-17)31(2,27)28/h3-15H,1-2H3. The second kappa shape index (κ2) is 8.20. The predicted molar refractivity (Wildman–Crippen MR) is 119 cm³/mol. The van der Waals surface area contributed by atoms with E-state index < -0.39 is 15.5 Å². The van der Waals surface area contributed by atoms with E-state index in [1.54, 1.807) is 55.9 Å². The number of aromatic nitrogens is 1. The molecule has 0 amide bonds. The van der Waals surface area contributed by atoms with Crippen molar-refractivity contribution in [1.82, 2.24) is 4.98 Å². The number of ether oxygens (including phenoxy) is 1. The van der Waals surface area contributed by atoms with Gasteiger partial charge in [0.15, 0.2) is 9.84 Å². The minimum atomic E-state index is -3.34. The zero-order chi connectivity index (χ0) is 22.0. The average molecular weight is 433 g/mol. The van der Waals surface area contributed by atoms with Crippen molar-refractivity contribution in [3.8, 4) is 39.3 Å². The number of benzene rings is 2. The van der Waals surface area contributed by atoms with Crippen LogP contribution in [0.2, 0.25) is 0 Å². The number of pyridine rings is 1. The summed E-state index contributed by atoms with van der Waals surface area (Å²) >= 11 is 0. The monoisotopic (exact) mass is 433 g/mol. The fourth-order valence-electron chi connectivity index (χ4n) is 3.28. The summed E-state index contributed by atoms with van der Waals surface area (Å²) in [6, 6.07) is 18.8. The second-order valence-corrected chi connectivity index (χ2v) is 8.97. The van der Waals surface area contributed by atoms with Crippen LogP contribution in [-0.4, -0.2) is 26.8 Å². The molecule has 4 aromatic rings. The molecule has 6 nitrogen and oxygen atoms in total. The molecular formula is C24H19NO5S. The summed E-state index contributed by atoms with van der Waals surface area (Å²) in [5.41, 5.74) is 2.47. The Morgan fingerprint density at radius 2 is 1.58 bits per heavy atom. The summed E-state index contributed by atoms with van der Waals surface area (Å²) in [5.74, 6) is 1.10. The first-order valence-corrected chi connectivity index (χ1v) is 11.3. The first-order valence-electron chi connectivity index (χ1n) is 9.40. The van der Waals surface area contributed by atoms with Gasteiger partial charge in [0.05, 0.1) is 17.6 Å². The molecule has 156 valence electrons. The van der Waals surface area contributed by atoms with Crippen molar-refractivity contribution in [3.63, 3.8) is 0 Å². The van der Waals surface area contributed by atoms with Gasteiger partial charge in [0.25, 0.3) is 0 Å². The largest absolute Gasteiger partial charge is 0.497 e. The lowest BCUT2D eigenvalue weighted by Crippen LogP contribution is -2.07. The summed E-state index contributed by atoms with van der Waals surface area (Å²) in [6.07, 6.45) is 4.46. The quantitative estimate of drug-likeness (QED) is 0.462. The zero-order valence-electron chi connectivity index (χ0n) is 16.9. The molecule has 2 aromatic heterocycles. The van der Waals surface area contributed by atoms with Crippen LogP contribution in [0.5, 0.6) is 5.75 Å². The molecule has 31 heavy (non-hydrogen) atoms. The van der Waals surface area contributed by atoms with Crippen LogP contribution < -0.4 is 10.4 Å². The first-order chi connectivity index (χ1) is 14.9. The smallest absolute Gasteiger partial charge is 0.344 e. The van der Waals surface area contributed by atoms with E-state index in [0.29, 0.717) is 28.2 Å². The van der Waals surface area contributed by atoms with Gasteiger partial charge in [0, 0.05) is 35.3 Å². The maximum atomic E-state index is 13.1. The summed E-state index contributed by atoms with van der Waals surface area (Å²) in [6.45, 7) is 0. The SMILES string of the molecule is COc1ccc(-c2cc(-c3cccnc3)c(-c3ccc(S(C)(=O)=O)cc3)c(=O)o2)cc1. The normalized spacial score (nSPS) is 11.3. The molecule has 0 radical (unpaired) electrons. The molecular weight excluding hydrogens is 414 g/mol. The van der Waals surface area contributed by atoms with Crippen LogP contribution in [0.1, 0.15) is 0 Å². The lowest BCUT2D eigenvalue weighted by atomic mass is 9.96. The lowest BCUT2D eigenvalue weighted by molar-refractivity contribution is 0.415. The van der Waals surface area contributed by atoms with Crippen LogP contribution in [0.25, 0.3) is 33.6 Å². The average Bonchev–Trinajstić information content (AvgIpc) is 2.79. The Morgan fingerprint density at radius 3 is 2.16 bits per heavy atom. The Hall–Kier alpha value is -3.71. The molecule has 7 heteroatoms. The van der Waals surface area contributed by atoms with Gasteiger partial charge in [0.1, 0.15) is 11.5 Å². The predicted octanol–water partition coefficient (Wildman–Crippen LogP) is 4.45. The topological polar surface area (TPSA) is 86.5 Å². The van der Waals surface area contributed by atoms with Crippen molar-refractivity contribution in [3.05, 3.63) is 89.5 Å². The minimum absolute atomic E-state index is 0.179. The Bertz CT molecular complexity index is 1380. The van der Waals surface area contributed by atoms with E-state index in [0.717, 1.165) is 17.4 Å². The van der Waals surface area contributed by atoms with Gasteiger partial charge in [-0.25, -0.2) is 13.2 Å². The third-order valence-electron chi connectivity index (χ3n) is 4.87. The summed E-state index contributed by atoms with van der Waals surface area (Å²) in [7, 11) is -1.76. The number of nitrogens with zero attached hydrogens (tertiary/aromatic N) is 1. The highest BCUT2D eigenvalue weighted by molar-refractivity contribution is 7.90. The highest BCUT2D eigenvalue weighted by atomic mass is 32.2. The van der Waals surface area contributed by atoms with Crippen LogP contribution in [0.15, 0.2) is 93.2 Å². The fraction of sp³-hybridized carbons (Fsp3) is 0.0833. The maximum Gasteiger partial charge on any atom is 0.344 e. The van der Waals surface area contributed by atoms with E-state index in [4.69, 9.17) is 9.15 Å². The third-order valence-corrected chi connectivity index (χ3v) is 6.00. The fourth-order valence-corrected chi connectivity index (χ4v) is 3.91. The van der Waals surface area contributed by atoms with Gasteiger partial charge >= 0.3 is 5.63 Å². The van der Waals surface area contributed by atoms with Crippen molar-refractivity contribution in [2.75, 3.05) is 13.4 Å². The van der Waals surface area contributed by atoms with Crippen LogP contribution in [-0.2, 0) is 9.84 Å². The number of rotatable bonds is 5. The molecule has 0 bridgehead atoms. The maximum absolute atomic E-state index is 13.1. The molecule has 0 unspecified atom stereocenters. The number of sulfone groups is 1. The van der Waals surface area contributed by atoms with E-state index >= 15 is 0 Å². The highest BCUT2D eigenvalue weighted by Crippen LogP contribution is 2.33. The van der Waals surface area contributed by atoms with Gasteiger partial charge < -0.3 is 9.15 Å². The van der Waals surface area contributed by atoms with E-state index in [1.165, 1.54) is 12.1 Å². The van der Waals surface area contributed by atoms with Crippen molar-refractivity contribution in [2.45, 2.75) is 4.90 Å². The molecule has 2 aromatic carbocycles. The van der Waals surface area contributed by atoms with Gasteiger partial charge in [0.2, 0.25) is 0 Å². The molecule has 0 atom stereocenters. The van der Waals surface area contributed by atoms with Gasteiger partial charge in [-0.3, -0.25) is 4.98 Å². The molecule has 4 rings (SSSR count). The molecule has 0 aliphatic carbocycles. The van der Waals surface area contributed by atoms with Gasteiger partial charge in [-0.2, -0.15) is 0 Å². The Balaban J connectivity index is 1.91. The molecule has 0 aliphatic heterocycles. The molecule has 0 saturated heterocycles. The number of hydrogen-bond acceptors (Lipinski definition) is 6. The van der Waals surface area contributed by atoms with E-state index in [-0.39, 0.29) is 4.90 Å². The van der Waals surface area contributed by atoms with Crippen molar-refractivity contribution in [1.29, 1.82) is 0 Å². The van der Waals surface area contributed by atoms with Gasteiger partial charge in [-0.15, -0.1) is 0 Å². The first kappa shape index (κ1) is 20.6. The molecule has 0 saturated carbocycles. The van der Waals surface area contributed by atoms with E-state index in [9.17, 15) is 13.2 Å². The lowest BCUT2D eigenvalue weighted by Gasteiger charge is -2.11. The Kier molecular flexibility index (Phi) is 5.44. The van der Waals surface area contributed by atoms with Crippen molar-refractivity contribution >= 4 is 9.84 Å². The Labute approximate surface area is 179 Å². The molecule has 0 fully saturated rings. The van der Waals surface area contributed by atoms with Crippen molar-refractivity contribution in [2.24, 2.45) is 0 Å². The number of hydrogen-bond donors (Lipinski definition) is 0. The van der Waals surface area contributed by atoms with Crippen LogP contribution in [0.3, 0.4) is 0 Å². The van der Waals surface area contributed by atoms with Crippen LogP contribution in [0.4, 0.5) is 0 Å². The summed E-state index contributed by atoms with van der Waals surface area (Å²) < 4.78 is 34.4. The van der Waals surface area contributed by atoms with Gasteiger partial charge in [-0.05, 0) is 54.1 Å². The highest BCUT2D eigenvalue weighted by Gasteiger charge is 2.17. The van der Waals surface area contributed by atoms with Crippen LogP contribution in [0, 0.1) is 0 Å². The molecule has 0 aliphatic rings. The summed E-state index contributed by atoms with van der Waals surface area (Å²) in [5, 5.41) is 0. The third kappa shape index (κ3) is 4.27.